The Morgan fingerprint density at radius 2 is 0.844 bits per heavy atom. The first-order valence-corrected chi connectivity index (χ1v) is 8.03. The summed E-state index contributed by atoms with van der Waals surface area (Å²) in [5, 5.41) is 53.9. The fourth-order valence-corrected chi connectivity index (χ4v) is 1.91. The smallest absolute Gasteiger partial charge is 0.338 e. The van der Waals surface area contributed by atoms with E-state index in [1.807, 2.05) is 0 Å². The van der Waals surface area contributed by atoms with Gasteiger partial charge in [-0.05, 0) is 0 Å². The number of carboxylic acids is 4. The van der Waals surface area contributed by atoms with Gasteiger partial charge in [0.15, 0.2) is 11.2 Å². The summed E-state index contributed by atoms with van der Waals surface area (Å²) in [6.07, 6.45) is -5.31. The number of hydrogen-bond donors (Lipinski definition) is 6. The van der Waals surface area contributed by atoms with E-state index in [-0.39, 0.29) is 12.2 Å². The van der Waals surface area contributed by atoms with Crippen LogP contribution in [-0.2, 0) is 47.8 Å². The number of aliphatic hydroxyl groups is 2. The molecule has 0 amide bonds. The van der Waals surface area contributed by atoms with Crippen molar-refractivity contribution < 1.29 is 78.5 Å². The lowest BCUT2D eigenvalue weighted by Crippen LogP contribution is -2.43. The van der Waals surface area contributed by atoms with Crippen molar-refractivity contribution in [3.05, 3.63) is 12.2 Å². The lowest BCUT2D eigenvalue weighted by Gasteiger charge is -2.19. The first-order chi connectivity index (χ1) is 14.5. The molecule has 32 heavy (non-hydrogen) atoms. The SMILES string of the molecule is O=C(O)CC(O)(CC(=O)OC(=O)/C=C\C(=O)OC(=O)CC(O)(CC(=O)O)C(=O)O)C(=O)O. The highest BCUT2D eigenvalue weighted by Crippen LogP contribution is 2.18. The summed E-state index contributed by atoms with van der Waals surface area (Å²) < 4.78 is 8.06. The van der Waals surface area contributed by atoms with E-state index in [0.717, 1.165) is 0 Å². The van der Waals surface area contributed by atoms with Crippen molar-refractivity contribution in [3.8, 4) is 0 Å². The van der Waals surface area contributed by atoms with Gasteiger partial charge < -0.3 is 40.1 Å². The summed E-state index contributed by atoms with van der Waals surface area (Å²) in [7, 11) is 0. The average Bonchev–Trinajstić information content (AvgIpc) is 2.57. The molecule has 0 aromatic carbocycles. The van der Waals surface area contributed by atoms with Crippen LogP contribution in [0.5, 0.6) is 0 Å². The molecule has 176 valence electrons. The molecule has 6 N–H and O–H groups in total. The van der Waals surface area contributed by atoms with Crippen LogP contribution in [0.25, 0.3) is 0 Å². The van der Waals surface area contributed by atoms with E-state index >= 15 is 0 Å². The molecular weight excluding hydrogens is 448 g/mol. The molecule has 0 radical (unpaired) electrons. The molecule has 0 aromatic rings. The second-order valence-corrected chi connectivity index (χ2v) is 6.09. The molecule has 0 fully saturated rings. The van der Waals surface area contributed by atoms with Crippen LogP contribution in [0.3, 0.4) is 0 Å². The summed E-state index contributed by atoms with van der Waals surface area (Å²) in [6.45, 7) is 0. The first kappa shape index (κ1) is 27.8. The van der Waals surface area contributed by atoms with Gasteiger partial charge in [-0.2, -0.15) is 0 Å². The van der Waals surface area contributed by atoms with E-state index in [1.165, 1.54) is 0 Å². The van der Waals surface area contributed by atoms with E-state index in [1.54, 1.807) is 0 Å². The summed E-state index contributed by atoms with van der Waals surface area (Å²) in [5.74, 6) is -14.4. The van der Waals surface area contributed by atoms with Crippen LogP contribution in [0.4, 0.5) is 0 Å². The fourth-order valence-electron chi connectivity index (χ4n) is 1.91. The molecular formula is C16H16O16. The predicted molar refractivity (Wildman–Crippen MR) is 90.2 cm³/mol. The third kappa shape index (κ3) is 9.55. The van der Waals surface area contributed by atoms with Crippen molar-refractivity contribution in [1.29, 1.82) is 0 Å². The van der Waals surface area contributed by atoms with Crippen LogP contribution in [0.2, 0.25) is 0 Å². The zero-order valence-electron chi connectivity index (χ0n) is 15.7. The third-order valence-corrected chi connectivity index (χ3v) is 3.34. The van der Waals surface area contributed by atoms with Gasteiger partial charge >= 0.3 is 47.8 Å². The van der Waals surface area contributed by atoms with Gasteiger partial charge in [0, 0.05) is 12.2 Å². The molecule has 0 aliphatic carbocycles. The number of rotatable bonds is 12. The van der Waals surface area contributed by atoms with Crippen LogP contribution < -0.4 is 0 Å². The minimum absolute atomic E-state index is 0.200. The zero-order chi connectivity index (χ0) is 25.3. The number of carboxylic acid groups (broad SMARTS) is 4. The van der Waals surface area contributed by atoms with Gasteiger partial charge in [0.1, 0.15) is 0 Å². The number of aliphatic carboxylic acids is 4. The van der Waals surface area contributed by atoms with Gasteiger partial charge in [-0.3, -0.25) is 19.2 Å². The third-order valence-electron chi connectivity index (χ3n) is 3.34. The van der Waals surface area contributed by atoms with E-state index in [0.29, 0.717) is 0 Å². The molecule has 0 spiro atoms. The van der Waals surface area contributed by atoms with Crippen LogP contribution >= 0.6 is 0 Å². The molecule has 0 aromatic heterocycles. The number of ether oxygens (including phenoxy) is 2. The van der Waals surface area contributed by atoms with Gasteiger partial charge in [0.2, 0.25) is 0 Å². The summed E-state index contributed by atoms with van der Waals surface area (Å²) in [4.78, 5) is 88.7. The Kier molecular flexibility index (Phi) is 9.80. The predicted octanol–water partition coefficient (Wildman–Crippen LogP) is -2.96. The lowest BCUT2D eigenvalue weighted by atomic mass is 9.96. The standard InChI is InChI=1S/C16H16O16/c17-7(18)3-15(29,13(25)26)5-11(23)31-9(21)1-2-10(22)32-12(24)6-16(30,14(27)28)4-8(19)20/h1-2,29-30H,3-6H2,(H,17,18)(H,19,20)(H,25,26)(H,27,28)/b2-1-. The molecule has 0 bridgehead atoms. The monoisotopic (exact) mass is 464 g/mol. The fraction of sp³-hybridized carbons (Fsp3) is 0.375. The Morgan fingerprint density at radius 1 is 0.562 bits per heavy atom. The van der Waals surface area contributed by atoms with E-state index in [9.17, 15) is 48.6 Å². The molecule has 2 unspecified atom stereocenters. The number of esters is 4. The summed E-state index contributed by atoms with van der Waals surface area (Å²) in [6, 6.07) is 0. The molecule has 16 heteroatoms. The van der Waals surface area contributed by atoms with Gasteiger partial charge in [0.25, 0.3) is 0 Å². The van der Waals surface area contributed by atoms with Crippen molar-refractivity contribution in [3.63, 3.8) is 0 Å². The molecule has 0 heterocycles. The molecule has 0 saturated heterocycles. The minimum Gasteiger partial charge on any atom is -0.481 e. The van der Waals surface area contributed by atoms with Crippen LogP contribution in [0.1, 0.15) is 25.7 Å². The van der Waals surface area contributed by atoms with Crippen molar-refractivity contribution in [2.24, 2.45) is 0 Å². The lowest BCUT2D eigenvalue weighted by molar-refractivity contribution is -0.174. The second kappa shape index (κ2) is 11.3. The highest BCUT2D eigenvalue weighted by molar-refractivity contribution is 6.00. The van der Waals surface area contributed by atoms with Crippen LogP contribution in [-0.4, -0.2) is 89.6 Å². The second-order valence-electron chi connectivity index (χ2n) is 6.09. The molecule has 0 aliphatic rings. The Labute approximate surface area is 176 Å². The minimum atomic E-state index is -3.09. The highest BCUT2D eigenvalue weighted by Gasteiger charge is 2.42. The van der Waals surface area contributed by atoms with Gasteiger partial charge in [0.05, 0.1) is 25.7 Å². The summed E-state index contributed by atoms with van der Waals surface area (Å²) >= 11 is 0. The summed E-state index contributed by atoms with van der Waals surface area (Å²) in [5.41, 5.74) is -6.18. The number of hydrogen-bond acceptors (Lipinski definition) is 12. The number of carbonyl (C=O) groups excluding carboxylic acids is 4. The van der Waals surface area contributed by atoms with E-state index < -0.39 is 84.6 Å². The van der Waals surface area contributed by atoms with Gasteiger partial charge in [-0.15, -0.1) is 0 Å². The maximum atomic E-state index is 11.5. The Morgan fingerprint density at radius 3 is 1.06 bits per heavy atom. The van der Waals surface area contributed by atoms with Crippen LogP contribution in [0.15, 0.2) is 12.2 Å². The maximum absolute atomic E-state index is 11.5. The van der Waals surface area contributed by atoms with Crippen molar-refractivity contribution in [2.45, 2.75) is 36.9 Å². The molecule has 0 saturated carbocycles. The Hall–Kier alpha value is -4.18. The largest absolute Gasteiger partial charge is 0.481 e. The van der Waals surface area contributed by atoms with Crippen molar-refractivity contribution in [1.82, 2.24) is 0 Å². The van der Waals surface area contributed by atoms with Crippen molar-refractivity contribution in [2.75, 3.05) is 0 Å². The topological polar surface area (TPSA) is 276 Å². The quantitative estimate of drug-likeness (QED) is 0.0955. The molecule has 2 atom stereocenters. The first-order valence-electron chi connectivity index (χ1n) is 8.03. The molecule has 0 aliphatic heterocycles. The Bertz CT molecular complexity index is 799. The van der Waals surface area contributed by atoms with Gasteiger partial charge in [-0.25, -0.2) is 19.2 Å². The molecule has 0 rings (SSSR count). The molecule has 16 nitrogen and oxygen atoms in total. The zero-order valence-corrected chi connectivity index (χ0v) is 15.7. The average molecular weight is 464 g/mol. The Balaban J connectivity index is 4.89. The van der Waals surface area contributed by atoms with E-state index in [2.05, 4.69) is 9.47 Å². The van der Waals surface area contributed by atoms with Crippen molar-refractivity contribution >= 4 is 47.8 Å². The normalized spacial score (nSPS) is 14.4. The van der Waals surface area contributed by atoms with Gasteiger partial charge in [-0.1, -0.05) is 0 Å². The number of carbonyl (C=O) groups is 8. The van der Waals surface area contributed by atoms with E-state index in [4.69, 9.17) is 20.4 Å². The van der Waals surface area contributed by atoms with Crippen LogP contribution in [0, 0.1) is 0 Å². The highest BCUT2D eigenvalue weighted by atomic mass is 16.6. The maximum Gasteiger partial charge on any atom is 0.338 e.